The summed E-state index contributed by atoms with van der Waals surface area (Å²) < 4.78 is 1.91. The second-order valence-corrected chi connectivity index (χ2v) is 7.62. The maximum Gasteiger partial charge on any atom is 0.255 e. The molecule has 0 saturated carbocycles. The van der Waals surface area contributed by atoms with Gasteiger partial charge in [0.05, 0.1) is 11.5 Å². The van der Waals surface area contributed by atoms with Gasteiger partial charge in [-0.05, 0) is 44.9 Å². The van der Waals surface area contributed by atoms with Crippen molar-refractivity contribution in [2.75, 3.05) is 26.2 Å². The van der Waals surface area contributed by atoms with Crippen molar-refractivity contribution in [2.24, 2.45) is 5.92 Å². The molecular weight excluding hydrogens is 378 g/mol. The minimum atomic E-state index is -0.128. The summed E-state index contributed by atoms with van der Waals surface area (Å²) in [7, 11) is 0. The molecule has 3 heterocycles. The third kappa shape index (κ3) is 3.79. The maximum absolute atomic E-state index is 13.1. The molecule has 1 unspecified atom stereocenters. The van der Waals surface area contributed by atoms with Crippen LogP contribution in [-0.4, -0.2) is 62.3 Å². The van der Waals surface area contributed by atoms with Gasteiger partial charge in [0.1, 0.15) is 11.8 Å². The van der Waals surface area contributed by atoms with Crippen LogP contribution in [0.5, 0.6) is 0 Å². The average molecular weight is 406 g/mol. The zero-order valence-electron chi connectivity index (χ0n) is 17.5. The highest BCUT2D eigenvalue weighted by atomic mass is 16.2. The molecule has 1 atom stereocenters. The number of amides is 2. The molecule has 30 heavy (non-hydrogen) atoms. The van der Waals surface area contributed by atoms with E-state index in [1.165, 1.54) is 0 Å². The number of benzene rings is 1. The topological polar surface area (TPSA) is 71.3 Å². The second kappa shape index (κ2) is 8.65. The van der Waals surface area contributed by atoms with Gasteiger partial charge in [-0.15, -0.1) is 0 Å². The Balaban J connectivity index is 1.54. The molecule has 2 amide bonds. The van der Waals surface area contributed by atoms with Crippen molar-refractivity contribution in [3.8, 4) is 5.69 Å². The third-order valence-corrected chi connectivity index (χ3v) is 5.80. The smallest absolute Gasteiger partial charge is 0.255 e. The summed E-state index contributed by atoms with van der Waals surface area (Å²) >= 11 is 0. The number of rotatable bonds is 5. The van der Waals surface area contributed by atoms with Gasteiger partial charge in [-0.3, -0.25) is 14.2 Å². The zero-order valence-corrected chi connectivity index (χ0v) is 17.5. The second-order valence-electron chi connectivity index (χ2n) is 7.62. The minimum Gasteiger partial charge on any atom is -0.343 e. The van der Waals surface area contributed by atoms with Crippen LogP contribution in [0.3, 0.4) is 0 Å². The summed E-state index contributed by atoms with van der Waals surface area (Å²) in [6.45, 7) is 6.50. The van der Waals surface area contributed by atoms with Crippen molar-refractivity contribution < 1.29 is 9.59 Å². The molecule has 2 aromatic heterocycles. The lowest BCUT2D eigenvalue weighted by atomic mass is 9.96. The van der Waals surface area contributed by atoms with Gasteiger partial charge in [0.15, 0.2) is 5.65 Å². The number of piperidine rings is 1. The molecule has 7 heteroatoms. The first-order chi connectivity index (χ1) is 14.6. The SMILES string of the molecule is CCN(CC)C(=O)C1CCCN(C(=O)c2cnc3c(c2)ncn3-c2ccccc2)C1. The predicted octanol–water partition coefficient (Wildman–Crippen LogP) is 3.14. The van der Waals surface area contributed by atoms with Crippen molar-refractivity contribution in [2.45, 2.75) is 26.7 Å². The molecule has 0 spiro atoms. The van der Waals surface area contributed by atoms with Crippen LogP contribution in [0.1, 0.15) is 37.0 Å². The molecule has 1 saturated heterocycles. The average Bonchev–Trinajstić information content (AvgIpc) is 3.23. The Bertz CT molecular complexity index is 1040. The number of carbonyl (C=O) groups excluding carboxylic acids is 2. The van der Waals surface area contributed by atoms with E-state index in [0.717, 1.165) is 18.5 Å². The van der Waals surface area contributed by atoms with Crippen LogP contribution in [0.4, 0.5) is 0 Å². The fraction of sp³-hybridized carbons (Fsp3) is 0.391. The molecule has 156 valence electrons. The fourth-order valence-corrected chi connectivity index (χ4v) is 4.13. The van der Waals surface area contributed by atoms with Gasteiger partial charge < -0.3 is 9.80 Å². The van der Waals surface area contributed by atoms with E-state index in [0.29, 0.717) is 42.9 Å². The number of nitrogens with zero attached hydrogens (tertiary/aromatic N) is 5. The summed E-state index contributed by atoms with van der Waals surface area (Å²) in [5.41, 5.74) is 2.88. The summed E-state index contributed by atoms with van der Waals surface area (Å²) in [6.07, 6.45) is 5.00. The van der Waals surface area contributed by atoms with E-state index < -0.39 is 0 Å². The van der Waals surface area contributed by atoms with Gasteiger partial charge in [0.25, 0.3) is 5.91 Å². The summed E-state index contributed by atoms with van der Waals surface area (Å²) in [5, 5.41) is 0. The predicted molar refractivity (Wildman–Crippen MR) is 115 cm³/mol. The number of carbonyl (C=O) groups is 2. The maximum atomic E-state index is 13.1. The Kier molecular flexibility index (Phi) is 5.79. The largest absolute Gasteiger partial charge is 0.343 e. The van der Waals surface area contributed by atoms with Crippen LogP contribution in [-0.2, 0) is 4.79 Å². The number of aromatic nitrogens is 3. The molecule has 1 aromatic carbocycles. The quantitative estimate of drug-likeness (QED) is 0.654. The number of hydrogen-bond donors (Lipinski definition) is 0. The lowest BCUT2D eigenvalue weighted by molar-refractivity contribution is -0.136. The number of fused-ring (bicyclic) bond motifs is 1. The van der Waals surface area contributed by atoms with E-state index in [-0.39, 0.29) is 17.7 Å². The normalized spacial score (nSPS) is 16.6. The van der Waals surface area contributed by atoms with Gasteiger partial charge in [0, 0.05) is 38.1 Å². The standard InChI is InChI=1S/C23H27N5O2/c1-3-26(4-2)22(29)17-9-8-12-27(15-17)23(30)18-13-20-21(24-14-18)28(16-25-20)19-10-6-5-7-11-19/h5-7,10-11,13-14,16-17H,3-4,8-9,12,15H2,1-2H3. The van der Waals surface area contributed by atoms with Gasteiger partial charge in [-0.2, -0.15) is 0 Å². The molecule has 7 nitrogen and oxygen atoms in total. The number of hydrogen-bond acceptors (Lipinski definition) is 4. The molecule has 1 aliphatic rings. The highest BCUT2D eigenvalue weighted by molar-refractivity contribution is 5.97. The summed E-state index contributed by atoms with van der Waals surface area (Å²) in [5.74, 6) is -0.0695. The molecule has 1 aliphatic heterocycles. The van der Waals surface area contributed by atoms with Gasteiger partial charge in [-0.25, -0.2) is 9.97 Å². The molecule has 0 bridgehead atoms. The van der Waals surface area contributed by atoms with Gasteiger partial charge in [0.2, 0.25) is 5.91 Å². The van der Waals surface area contributed by atoms with Crippen LogP contribution >= 0.6 is 0 Å². The van der Waals surface area contributed by atoms with E-state index in [1.54, 1.807) is 23.5 Å². The Morgan fingerprint density at radius 3 is 2.63 bits per heavy atom. The lowest BCUT2D eigenvalue weighted by Crippen LogP contribution is -2.46. The number of pyridine rings is 1. The Labute approximate surface area is 176 Å². The summed E-state index contributed by atoms with van der Waals surface area (Å²) in [4.78, 5) is 38.5. The fourth-order valence-electron chi connectivity index (χ4n) is 4.13. The zero-order chi connectivity index (χ0) is 21.1. The van der Waals surface area contributed by atoms with Crippen molar-refractivity contribution in [1.29, 1.82) is 0 Å². The van der Waals surface area contributed by atoms with Crippen molar-refractivity contribution in [3.63, 3.8) is 0 Å². The van der Waals surface area contributed by atoms with E-state index >= 15 is 0 Å². The molecule has 0 N–H and O–H groups in total. The highest BCUT2D eigenvalue weighted by Gasteiger charge is 2.31. The van der Waals surface area contributed by atoms with Gasteiger partial charge >= 0.3 is 0 Å². The van der Waals surface area contributed by atoms with Crippen LogP contribution in [0.15, 0.2) is 48.9 Å². The highest BCUT2D eigenvalue weighted by Crippen LogP contribution is 2.22. The molecule has 0 aliphatic carbocycles. The lowest BCUT2D eigenvalue weighted by Gasteiger charge is -2.34. The van der Waals surface area contributed by atoms with Crippen molar-refractivity contribution in [3.05, 3.63) is 54.5 Å². The Morgan fingerprint density at radius 2 is 1.90 bits per heavy atom. The monoisotopic (exact) mass is 405 g/mol. The van der Waals surface area contributed by atoms with E-state index in [1.807, 2.05) is 53.6 Å². The van der Waals surface area contributed by atoms with Crippen LogP contribution in [0.2, 0.25) is 0 Å². The van der Waals surface area contributed by atoms with E-state index in [2.05, 4.69) is 9.97 Å². The van der Waals surface area contributed by atoms with Crippen LogP contribution < -0.4 is 0 Å². The third-order valence-electron chi connectivity index (χ3n) is 5.80. The van der Waals surface area contributed by atoms with E-state index in [4.69, 9.17) is 0 Å². The van der Waals surface area contributed by atoms with Gasteiger partial charge in [-0.1, -0.05) is 18.2 Å². The van der Waals surface area contributed by atoms with Crippen molar-refractivity contribution in [1.82, 2.24) is 24.3 Å². The Hall–Kier alpha value is -3.22. The molecular formula is C23H27N5O2. The summed E-state index contributed by atoms with van der Waals surface area (Å²) in [6, 6.07) is 11.7. The number of imidazole rings is 1. The first-order valence-electron chi connectivity index (χ1n) is 10.6. The molecule has 0 radical (unpaired) electrons. The van der Waals surface area contributed by atoms with Crippen LogP contribution in [0, 0.1) is 5.92 Å². The minimum absolute atomic E-state index is 0.0873. The van der Waals surface area contributed by atoms with Crippen molar-refractivity contribution >= 4 is 23.0 Å². The van der Waals surface area contributed by atoms with Crippen LogP contribution in [0.25, 0.3) is 16.9 Å². The van der Waals surface area contributed by atoms with E-state index in [9.17, 15) is 9.59 Å². The first-order valence-corrected chi connectivity index (χ1v) is 10.6. The molecule has 1 fully saturated rings. The first kappa shape index (κ1) is 20.1. The molecule has 4 rings (SSSR count). The molecule has 3 aromatic rings. The number of likely N-dealkylation sites (tertiary alicyclic amines) is 1. The number of para-hydroxylation sites is 1. The Morgan fingerprint density at radius 1 is 1.13 bits per heavy atom.